The standard InChI is InChI=1S/C10H12O2/c1-8(7-11)6-9-4-2-3-5-10(9)12/h2-6,11-12H,7H2,1H3. The Labute approximate surface area is 71.8 Å². The van der Waals surface area contributed by atoms with Crippen molar-refractivity contribution in [3.8, 4) is 5.75 Å². The fourth-order valence-corrected chi connectivity index (χ4v) is 0.921. The fraction of sp³-hybridized carbons (Fsp3) is 0.200. The van der Waals surface area contributed by atoms with Gasteiger partial charge in [-0.25, -0.2) is 0 Å². The molecule has 0 amide bonds. The number of rotatable bonds is 2. The number of hydrogen-bond donors (Lipinski definition) is 2. The van der Waals surface area contributed by atoms with E-state index in [1.165, 1.54) is 0 Å². The molecule has 0 bridgehead atoms. The molecule has 1 aromatic rings. The lowest BCUT2D eigenvalue weighted by molar-refractivity contribution is 0.332. The van der Waals surface area contributed by atoms with Crippen molar-refractivity contribution in [2.24, 2.45) is 0 Å². The van der Waals surface area contributed by atoms with Crippen LogP contribution < -0.4 is 0 Å². The molecule has 64 valence electrons. The lowest BCUT2D eigenvalue weighted by Crippen LogP contribution is -1.83. The van der Waals surface area contributed by atoms with Gasteiger partial charge in [-0.3, -0.25) is 0 Å². The first-order valence-electron chi connectivity index (χ1n) is 3.80. The van der Waals surface area contributed by atoms with Crippen LogP contribution in [0.4, 0.5) is 0 Å². The van der Waals surface area contributed by atoms with Crippen molar-refractivity contribution in [2.75, 3.05) is 6.61 Å². The van der Waals surface area contributed by atoms with Crippen LogP contribution in [-0.4, -0.2) is 16.8 Å². The second-order valence-electron chi connectivity index (χ2n) is 2.71. The maximum Gasteiger partial charge on any atom is 0.122 e. The van der Waals surface area contributed by atoms with E-state index in [4.69, 9.17) is 5.11 Å². The van der Waals surface area contributed by atoms with Gasteiger partial charge < -0.3 is 10.2 Å². The van der Waals surface area contributed by atoms with Crippen molar-refractivity contribution in [3.63, 3.8) is 0 Å². The molecule has 0 saturated heterocycles. The van der Waals surface area contributed by atoms with Gasteiger partial charge >= 0.3 is 0 Å². The van der Waals surface area contributed by atoms with Crippen molar-refractivity contribution < 1.29 is 10.2 Å². The monoisotopic (exact) mass is 164 g/mol. The second kappa shape index (κ2) is 3.93. The molecule has 0 saturated carbocycles. The predicted octanol–water partition coefficient (Wildman–Crippen LogP) is 1.79. The number of aliphatic hydroxyl groups excluding tert-OH is 1. The number of benzene rings is 1. The molecule has 2 N–H and O–H groups in total. The van der Waals surface area contributed by atoms with Gasteiger partial charge in [0.2, 0.25) is 0 Å². The van der Waals surface area contributed by atoms with E-state index in [1.807, 2.05) is 13.0 Å². The van der Waals surface area contributed by atoms with Crippen LogP contribution in [0.3, 0.4) is 0 Å². The van der Waals surface area contributed by atoms with Crippen molar-refractivity contribution in [2.45, 2.75) is 6.92 Å². The lowest BCUT2D eigenvalue weighted by Gasteiger charge is -1.99. The Morgan fingerprint density at radius 1 is 1.42 bits per heavy atom. The van der Waals surface area contributed by atoms with E-state index in [2.05, 4.69) is 0 Å². The van der Waals surface area contributed by atoms with E-state index < -0.39 is 0 Å². The SMILES string of the molecule is CC(=Cc1ccccc1O)CO. The normalized spacial score (nSPS) is 11.7. The number of aromatic hydroxyl groups is 1. The first-order valence-corrected chi connectivity index (χ1v) is 3.80. The summed E-state index contributed by atoms with van der Waals surface area (Å²) in [5.41, 5.74) is 1.57. The molecule has 1 rings (SSSR count). The summed E-state index contributed by atoms with van der Waals surface area (Å²) in [6.07, 6.45) is 1.76. The van der Waals surface area contributed by atoms with Crippen LogP contribution in [-0.2, 0) is 0 Å². The fourth-order valence-electron chi connectivity index (χ4n) is 0.921. The number of phenolic OH excluding ortho intramolecular Hbond substituents is 1. The summed E-state index contributed by atoms with van der Waals surface area (Å²) in [5, 5.41) is 18.1. The van der Waals surface area contributed by atoms with Crippen molar-refractivity contribution in [3.05, 3.63) is 35.4 Å². The second-order valence-corrected chi connectivity index (χ2v) is 2.71. The van der Waals surface area contributed by atoms with E-state index in [1.54, 1.807) is 24.3 Å². The van der Waals surface area contributed by atoms with E-state index in [-0.39, 0.29) is 12.4 Å². The Kier molecular flexibility index (Phi) is 2.88. The van der Waals surface area contributed by atoms with Crippen LogP contribution >= 0.6 is 0 Å². The molecule has 0 aliphatic carbocycles. The molecule has 0 aliphatic rings. The average Bonchev–Trinajstić information content (AvgIpc) is 2.09. The zero-order chi connectivity index (χ0) is 8.97. The van der Waals surface area contributed by atoms with Crippen LogP contribution in [0, 0.1) is 0 Å². The third-order valence-electron chi connectivity index (χ3n) is 1.59. The number of hydrogen-bond acceptors (Lipinski definition) is 2. The quantitative estimate of drug-likeness (QED) is 0.699. The van der Waals surface area contributed by atoms with E-state index in [9.17, 15) is 5.11 Å². The first kappa shape index (κ1) is 8.81. The first-order chi connectivity index (χ1) is 5.74. The average molecular weight is 164 g/mol. The zero-order valence-corrected chi connectivity index (χ0v) is 6.99. The highest BCUT2D eigenvalue weighted by Crippen LogP contribution is 2.18. The van der Waals surface area contributed by atoms with Crippen molar-refractivity contribution in [1.29, 1.82) is 0 Å². The lowest BCUT2D eigenvalue weighted by atomic mass is 10.1. The molecule has 0 unspecified atom stereocenters. The predicted molar refractivity (Wildman–Crippen MR) is 48.8 cm³/mol. The van der Waals surface area contributed by atoms with E-state index in [0.717, 1.165) is 11.1 Å². The van der Waals surface area contributed by atoms with Gasteiger partial charge in [-0.1, -0.05) is 24.3 Å². The highest BCUT2D eigenvalue weighted by molar-refractivity contribution is 5.58. The zero-order valence-electron chi connectivity index (χ0n) is 6.99. The summed E-state index contributed by atoms with van der Waals surface area (Å²) in [4.78, 5) is 0. The Balaban J connectivity index is 2.96. The van der Waals surface area contributed by atoms with Crippen molar-refractivity contribution >= 4 is 6.08 Å². The summed E-state index contributed by atoms with van der Waals surface area (Å²) in [5.74, 6) is 0.241. The van der Waals surface area contributed by atoms with Gasteiger partial charge in [0.1, 0.15) is 5.75 Å². The van der Waals surface area contributed by atoms with Crippen LogP contribution in [0.25, 0.3) is 6.08 Å². The molecule has 0 radical (unpaired) electrons. The molecule has 0 fully saturated rings. The summed E-state index contributed by atoms with van der Waals surface area (Å²) < 4.78 is 0. The van der Waals surface area contributed by atoms with Gasteiger partial charge in [-0.05, 0) is 18.6 Å². The van der Waals surface area contributed by atoms with Gasteiger partial charge in [0.25, 0.3) is 0 Å². The Morgan fingerprint density at radius 2 is 2.08 bits per heavy atom. The van der Waals surface area contributed by atoms with Crippen LogP contribution in [0.5, 0.6) is 5.75 Å². The highest BCUT2D eigenvalue weighted by Gasteiger charge is 1.95. The van der Waals surface area contributed by atoms with Gasteiger partial charge in [0.05, 0.1) is 6.61 Å². The maximum atomic E-state index is 9.33. The third kappa shape index (κ3) is 2.10. The topological polar surface area (TPSA) is 40.5 Å². The largest absolute Gasteiger partial charge is 0.507 e. The summed E-state index contributed by atoms with van der Waals surface area (Å²) >= 11 is 0. The molecule has 2 heteroatoms. The molecular weight excluding hydrogens is 152 g/mol. The molecular formula is C10H12O2. The van der Waals surface area contributed by atoms with Gasteiger partial charge in [0, 0.05) is 5.56 Å². The molecule has 0 heterocycles. The minimum absolute atomic E-state index is 0.0222. The summed E-state index contributed by atoms with van der Waals surface area (Å²) in [7, 11) is 0. The molecule has 0 aromatic heterocycles. The highest BCUT2D eigenvalue weighted by atomic mass is 16.3. The van der Waals surface area contributed by atoms with E-state index in [0.29, 0.717) is 0 Å². The molecule has 12 heavy (non-hydrogen) atoms. The molecule has 0 aliphatic heterocycles. The van der Waals surface area contributed by atoms with Crippen LogP contribution in [0.1, 0.15) is 12.5 Å². The molecule has 0 spiro atoms. The summed E-state index contributed by atoms with van der Waals surface area (Å²) in [6, 6.07) is 7.03. The maximum absolute atomic E-state index is 9.33. The third-order valence-corrected chi connectivity index (χ3v) is 1.59. The summed E-state index contributed by atoms with van der Waals surface area (Å²) in [6.45, 7) is 1.83. The van der Waals surface area contributed by atoms with Crippen LogP contribution in [0.2, 0.25) is 0 Å². The minimum Gasteiger partial charge on any atom is -0.507 e. The number of phenols is 1. The Morgan fingerprint density at radius 3 is 2.67 bits per heavy atom. The smallest absolute Gasteiger partial charge is 0.122 e. The molecule has 0 atom stereocenters. The number of aliphatic hydroxyl groups is 1. The van der Waals surface area contributed by atoms with Crippen molar-refractivity contribution in [1.82, 2.24) is 0 Å². The Bertz CT molecular complexity index is 290. The van der Waals surface area contributed by atoms with E-state index >= 15 is 0 Å². The molecule has 2 nitrogen and oxygen atoms in total. The molecule has 1 aromatic carbocycles. The minimum atomic E-state index is 0.0222. The van der Waals surface area contributed by atoms with Gasteiger partial charge in [-0.15, -0.1) is 0 Å². The van der Waals surface area contributed by atoms with Crippen LogP contribution in [0.15, 0.2) is 29.8 Å². The van der Waals surface area contributed by atoms with Gasteiger partial charge in [0.15, 0.2) is 0 Å². The Hall–Kier alpha value is -1.28. The van der Waals surface area contributed by atoms with Gasteiger partial charge in [-0.2, -0.15) is 0 Å². The number of para-hydroxylation sites is 1.